The molecule has 0 aliphatic rings. The van der Waals surface area contributed by atoms with Crippen LogP contribution >= 0.6 is 23.5 Å². The molecule has 0 saturated heterocycles. The first-order valence-corrected chi connectivity index (χ1v) is 12.3. The molecule has 0 radical (unpaired) electrons. The molecule has 0 saturated carbocycles. The third-order valence-corrected chi connectivity index (χ3v) is 6.24. The number of anilines is 1. The Balaban J connectivity index is 1.59. The number of hydrogen-bond donors (Lipinski definition) is 2. The van der Waals surface area contributed by atoms with Crippen LogP contribution in [0.4, 0.5) is 5.69 Å². The van der Waals surface area contributed by atoms with Crippen molar-refractivity contribution in [2.45, 2.75) is 23.1 Å². The molecule has 0 aliphatic carbocycles. The molecule has 3 rings (SSSR count). The summed E-state index contributed by atoms with van der Waals surface area (Å²) >= 11 is 2.89. The van der Waals surface area contributed by atoms with E-state index >= 15 is 0 Å². The van der Waals surface area contributed by atoms with Crippen molar-refractivity contribution in [1.82, 2.24) is 20.1 Å². The Labute approximate surface area is 201 Å². The molecule has 0 unspecified atom stereocenters. The lowest BCUT2D eigenvalue weighted by Gasteiger charge is -2.09. The number of carbonyl (C=O) groups excluding carboxylic acids is 2. The maximum absolute atomic E-state index is 12.4. The third-order valence-electron chi connectivity index (χ3n) is 4.55. The molecule has 0 fully saturated rings. The van der Waals surface area contributed by atoms with Crippen LogP contribution in [0.1, 0.15) is 16.2 Å². The van der Waals surface area contributed by atoms with Crippen LogP contribution < -0.4 is 15.4 Å². The normalized spacial score (nSPS) is 10.5. The molecule has 0 aliphatic heterocycles. The second kappa shape index (κ2) is 12.1. The van der Waals surface area contributed by atoms with Crippen molar-refractivity contribution in [3.8, 4) is 5.75 Å². The van der Waals surface area contributed by atoms with Crippen molar-refractivity contribution in [2.24, 2.45) is 0 Å². The van der Waals surface area contributed by atoms with Crippen LogP contribution in [0.25, 0.3) is 0 Å². The van der Waals surface area contributed by atoms with Gasteiger partial charge in [-0.2, -0.15) is 0 Å². The van der Waals surface area contributed by atoms with Crippen LogP contribution in [0.5, 0.6) is 5.75 Å². The fourth-order valence-corrected chi connectivity index (χ4v) is 4.13. The number of ether oxygens (including phenoxy) is 1. The molecule has 0 bridgehead atoms. The monoisotopic (exact) mass is 483 g/mol. The number of methoxy groups -OCH3 is 1. The summed E-state index contributed by atoms with van der Waals surface area (Å²) < 4.78 is 6.94. The van der Waals surface area contributed by atoms with Crippen molar-refractivity contribution in [3.63, 3.8) is 0 Å². The lowest BCUT2D eigenvalue weighted by atomic mass is 10.2. The molecule has 3 aromatic rings. The van der Waals surface area contributed by atoms with Gasteiger partial charge in [0.15, 0.2) is 11.0 Å². The molecule has 8 nitrogen and oxygen atoms in total. The minimum Gasteiger partial charge on any atom is -0.497 e. The number of benzene rings is 2. The highest BCUT2D eigenvalue weighted by molar-refractivity contribution is 7.99. The Hall–Kier alpha value is -3.24. The summed E-state index contributed by atoms with van der Waals surface area (Å²) in [6.45, 7) is 4.43. The number of carbonyl (C=O) groups is 2. The summed E-state index contributed by atoms with van der Waals surface area (Å²) in [5.74, 6) is 1.07. The molecule has 10 heteroatoms. The second-order valence-corrected chi connectivity index (χ2v) is 8.60. The molecule has 2 amide bonds. The molecule has 33 heavy (non-hydrogen) atoms. The topological polar surface area (TPSA) is 98.1 Å². The minimum atomic E-state index is -0.230. The average Bonchev–Trinajstić information content (AvgIpc) is 3.23. The lowest BCUT2D eigenvalue weighted by Crippen LogP contribution is -2.24. The molecule has 172 valence electrons. The van der Waals surface area contributed by atoms with Gasteiger partial charge in [-0.3, -0.25) is 9.59 Å². The van der Waals surface area contributed by atoms with Gasteiger partial charge in [-0.15, -0.1) is 28.5 Å². The zero-order chi connectivity index (χ0) is 23.6. The van der Waals surface area contributed by atoms with E-state index in [-0.39, 0.29) is 24.1 Å². The van der Waals surface area contributed by atoms with Crippen LogP contribution in [0.15, 0.2) is 71.2 Å². The highest BCUT2D eigenvalue weighted by atomic mass is 32.2. The van der Waals surface area contributed by atoms with E-state index in [0.717, 1.165) is 10.6 Å². The van der Waals surface area contributed by atoms with Crippen LogP contribution in [0.2, 0.25) is 0 Å². The molecular formula is C23H25N5O3S2. The van der Waals surface area contributed by atoms with E-state index < -0.39 is 0 Å². The van der Waals surface area contributed by atoms with E-state index in [4.69, 9.17) is 4.74 Å². The summed E-state index contributed by atoms with van der Waals surface area (Å²) in [6, 6.07) is 14.5. The summed E-state index contributed by atoms with van der Waals surface area (Å²) in [4.78, 5) is 25.9. The van der Waals surface area contributed by atoms with E-state index in [1.807, 2.05) is 35.1 Å². The lowest BCUT2D eigenvalue weighted by molar-refractivity contribution is -0.113. The van der Waals surface area contributed by atoms with E-state index in [0.29, 0.717) is 28.8 Å². The largest absolute Gasteiger partial charge is 0.497 e. The molecule has 1 heterocycles. The van der Waals surface area contributed by atoms with Gasteiger partial charge in [0, 0.05) is 22.7 Å². The molecular weight excluding hydrogens is 458 g/mol. The van der Waals surface area contributed by atoms with E-state index in [1.165, 1.54) is 11.8 Å². The quantitative estimate of drug-likeness (QED) is 0.316. The first-order chi connectivity index (χ1) is 16.0. The highest BCUT2D eigenvalue weighted by Gasteiger charge is 2.15. The van der Waals surface area contributed by atoms with Crippen molar-refractivity contribution < 1.29 is 14.3 Å². The third kappa shape index (κ3) is 6.87. The van der Waals surface area contributed by atoms with E-state index in [9.17, 15) is 9.59 Å². The Morgan fingerprint density at radius 1 is 1.18 bits per heavy atom. The smallest absolute Gasteiger partial charge is 0.251 e. The SMILES string of the molecule is C=CCn1c(CNC(=O)c2ccc(OC)cc2)nnc1SCC(=O)Nc1cccc(SC)c1. The molecule has 2 N–H and O–H groups in total. The van der Waals surface area contributed by atoms with Gasteiger partial charge < -0.3 is 19.9 Å². The van der Waals surface area contributed by atoms with Gasteiger partial charge in [-0.05, 0) is 48.7 Å². The zero-order valence-corrected chi connectivity index (χ0v) is 20.0. The van der Waals surface area contributed by atoms with Crippen molar-refractivity contribution in [3.05, 3.63) is 72.6 Å². The predicted octanol–water partition coefficient (Wildman–Crippen LogP) is 3.86. The van der Waals surface area contributed by atoms with Gasteiger partial charge in [0.05, 0.1) is 19.4 Å². The van der Waals surface area contributed by atoms with Gasteiger partial charge >= 0.3 is 0 Å². The number of hydrogen-bond acceptors (Lipinski definition) is 7. The average molecular weight is 484 g/mol. The molecule has 1 aromatic heterocycles. The second-order valence-electron chi connectivity index (χ2n) is 6.78. The minimum absolute atomic E-state index is 0.138. The summed E-state index contributed by atoms with van der Waals surface area (Å²) in [5, 5.41) is 14.7. The van der Waals surface area contributed by atoms with Gasteiger partial charge in [0.2, 0.25) is 5.91 Å². The number of allylic oxidation sites excluding steroid dienone is 1. The highest BCUT2D eigenvalue weighted by Crippen LogP contribution is 2.21. The predicted molar refractivity (Wildman–Crippen MR) is 132 cm³/mol. The summed E-state index contributed by atoms with van der Waals surface area (Å²) in [5.41, 5.74) is 1.27. The van der Waals surface area contributed by atoms with Crippen molar-refractivity contribution >= 4 is 41.0 Å². The first kappa shape index (κ1) is 24.4. The number of thioether (sulfide) groups is 2. The van der Waals surface area contributed by atoms with E-state index in [2.05, 4.69) is 27.4 Å². The zero-order valence-electron chi connectivity index (χ0n) is 18.4. The van der Waals surface area contributed by atoms with Gasteiger partial charge in [0.1, 0.15) is 5.75 Å². The van der Waals surface area contributed by atoms with E-state index in [1.54, 1.807) is 49.2 Å². The fourth-order valence-electron chi connectivity index (χ4n) is 2.90. The van der Waals surface area contributed by atoms with Crippen molar-refractivity contribution in [2.75, 3.05) is 24.4 Å². The molecule has 0 spiro atoms. The number of nitrogens with zero attached hydrogens (tertiary/aromatic N) is 3. The Kier molecular flexibility index (Phi) is 8.96. The van der Waals surface area contributed by atoms with Crippen LogP contribution in [0, 0.1) is 0 Å². The van der Waals surface area contributed by atoms with Crippen molar-refractivity contribution in [1.29, 1.82) is 0 Å². The number of rotatable bonds is 11. The molecule has 2 aromatic carbocycles. The van der Waals surface area contributed by atoms with Gasteiger partial charge in [-0.1, -0.05) is 23.9 Å². The maximum Gasteiger partial charge on any atom is 0.251 e. The fraction of sp³-hybridized carbons (Fsp3) is 0.217. The Morgan fingerprint density at radius 2 is 1.97 bits per heavy atom. The van der Waals surface area contributed by atoms with Crippen LogP contribution in [-0.4, -0.2) is 45.7 Å². The standard InChI is InChI=1S/C23H25N5O3S2/c1-4-12-28-20(14-24-22(30)16-8-10-18(31-2)11-9-16)26-27-23(28)33-15-21(29)25-17-6-5-7-19(13-17)32-3/h4-11,13H,1,12,14-15H2,2-3H3,(H,24,30)(H,25,29). The number of nitrogens with one attached hydrogen (secondary N) is 2. The number of aromatic nitrogens is 3. The Bertz CT molecular complexity index is 1120. The van der Waals surface area contributed by atoms with Gasteiger partial charge in [-0.25, -0.2) is 0 Å². The number of amides is 2. The maximum atomic E-state index is 12.4. The van der Waals surface area contributed by atoms with Gasteiger partial charge in [0.25, 0.3) is 5.91 Å². The molecule has 0 atom stereocenters. The summed E-state index contributed by atoms with van der Waals surface area (Å²) in [7, 11) is 1.57. The Morgan fingerprint density at radius 3 is 2.67 bits per heavy atom. The van der Waals surface area contributed by atoms with Crippen LogP contribution in [-0.2, 0) is 17.9 Å². The summed E-state index contributed by atoms with van der Waals surface area (Å²) in [6.07, 6.45) is 3.70. The first-order valence-electron chi connectivity index (χ1n) is 10.1. The van der Waals surface area contributed by atoms with Crippen LogP contribution in [0.3, 0.4) is 0 Å².